The number of amides is 1. The monoisotopic (exact) mass is 373 g/mol. The molecule has 1 amide bonds. The Morgan fingerprint density at radius 3 is 2.46 bits per heavy atom. The lowest BCUT2D eigenvalue weighted by atomic mass is 9.97. The van der Waals surface area contributed by atoms with E-state index >= 15 is 0 Å². The van der Waals surface area contributed by atoms with Gasteiger partial charge in [-0.2, -0.15) is 5.10 Å². The Morgan fingerprint density at radius 1 is 1.19 bits per heavy atom. The molecule has 26 heavy (non-hydrogen) atoms. The second-order valence-corrected chi connectivity index (χ2v) is 7.89. The third kappa shape index (κ3) is 3.85. The lowest BCUT2D eigenvalue weighted by molar-refractivity contribution is -0.130. The Morgan fingerprint density at radius 2 is 1.85 bits per heavy atom. The van der Waals surface area contributed by atoms with Gasteiger partial charge in [0.25, 0.3) is 0 Å². The van der Waals surface area contributed by atoms with Gasteiger partial charge in [0.15, 0.2) is 0 Å². The number of sulfonamides is 1. The predicted octanol–water partition coefficient (Wildman–Crippen LogP) is 2.46. The van der Waals surface area contributed by atoms with Crippen LogP contribution >= 0.6 is 0 Å². The largest absolute Gasteiger partial charge is 0.508 e. The SMILES string of the molecule is CC(=O)N1N=C(c2ccccc2NS(C)(=O)=O)CC1c1ccc(O)cc1. The summed E-state index contributed by atoms with van der Waals surface area (Å²) >= 11 is 0. The number of phenolic OH excluding ortho intramolecular Hbond substituents is 1. The van der Waals surface area contributed by atoms with Gasteiger partial charge in [0.2, 0.25) is 15.9 Å². The summed E-state index contributed by atoms with van der Waals surface area (Å²) in [6.45, 7) is 1.43. The van der Waals surface area contributed by atoms with E-state index in [0.717, 1.165) is 11.8 Å². The summed E-state index contributed by atoms with van der Waals surface area (Å²) in [5.41, 5.74) is 2.50. The van der Waals surface area contributed by atoms with Crippen molar-refractivity contribution in [2.45, 2.75) is 19.4 Å². The van der Waals surface area contributed by atoms with E-state index in [2.05, 4.69) is 9.82 Å². The van der Waals surface area contributed by atoms with Crippen LogP contribution in [0.25, 0.3) is 0 Å². The van der Waals surface area contributed by atoms with Crippen molar-refractivity contribution in [1.29, 1.82) is 0 Å². The zero-order chi connectivity index (χ0) is 18.9. The van der Waals surface area contributed by atoms with Crippen LogP contribution < -0.4 is 4.72 Å². The van der Waals surface area contributed by atoms with Crippen molar-refractivity contribution in [1.82, 2.24) is 5.01 Å². The minimum Gasteiger partial charge on any atom is -0.508 e. The fraction of sp³-hybridized carbons (Fsp3) is 0.222. The molecule has 0 fully saturated rings. The van der Waals surface area contributed by atoms with Gasteiger partial charge in [-0.3, -0.25) is 9.52 Å². The molecule has 0 aromatic heterocycles. The minimum absolute atomic E-state index is 0.143. The molecular formula is C18H19N3O4S. The van der Waals surface area contributed by atoms with Gasteiger partial charge in [-0.05, 0) is 23.8 Å². The Labute approximate surface area is 152 Å². The highest BCUT2D eigenvalue weighted by Gasteiger charge is 2.32. The van der Waals surface area contributed by atoms with Gasteiger partial charge in [-0.1, -0.05) is 30.3 Å². The summed E-state index contributed by atoms with van der Waals surface area (Å²) in [6, 6.07) is 13.2. The van der Waals surface area contributed by atoms with Crippen molar-refractivity contribution < 1.29 is 18.3 Å². The van der Waals surface area contributed by atoms with Crippen molar-refractivity contribution in [2.75, 3.05) is 11.0 Å². The van der Waals surface area contributed by atoms with Crippen LogP contribution in [-0.2, 0) is 14.8 Å². The molecule has 0 bridgehead atoms. The average Bonchev–Trinajstić information content (AvgIpc) is 3.00. The molecule has 0 aliphatic carbocycles. The number of nitrogens with one attached hydrogen (secondary N) is 1. The van der Waals surface area contributed by atoms with Crippen molar-refractivity contribution in [3.05, 3.63) is 59.7 Å². The lowest BCUT2D eigenvalue weighted by Crippen LogP contribution is -2.24. The normalized spacial score (nSPS) is 17.1. The number of hydrogen-bond donors (Lipinski definition) is 2. The molecule has 0 saturated heterocycles. The van der Waals surface area contributed by atoms with Crippen LogP contribution in [0.3, 0.4) is 0 Å². The van der Waals surface area contributed by atoms with Crippen LogP contribution in [0.5, 0.6) is 5.75 Å². The van der Waals surface area contributed by atoms with Gasteiger partial charge in [0.1, 0.15) is 5.75 Å². The highest BCUT2D eigenvalue weighted by molar-refractivity contribution is 7.92. The lowest BCUT2D eigenvalue weighted by Gasteiger charge is -2.20. The summed E-state index contributed by atoms with van der Waals surface area (Å²) in [5.74, 6) is -0.0726. The molecule has 1 heterocycles. The summed E-state index contributed by atoms with van der Waals surface area (Å²) in [4.78, 5) is 12.0. The zero-order valence-corrected chi connectivity index (χ0v) is 15.2. The van der Waals surface area contributed by atoms with Crippen LogP contribution in [0.4, 0.5) is 5.69 Å². The summed E-state index contributed by atoms with van der Waals surface area (Å²) < 4.78 is 25.7. The van der Waals surface area contributed by atoms with E-state index in [-0.39, 0.29) is 17.7 Å². The van der Waals surface area contributed by atoms with E-state index < -0.39 is 10.0 Å². The molecule has 3 rings (SSSR count). The molecule has 1 aliphatic rings. The first-order valence-electron chi connectivity index (χ1n) is 7.98. The standard InChI is InChI=1S/C18H19N3O4S/c1-12(22)21-18(13-7-9-14(23)10-8-13)11-17(19-21)15-5-3-4-6-16(15)20-26(2,24)25/h3-10,18,20,23H,11H2,1-2H3. The molecule has 7 nitrogen and oxygen atoms in total. The van der Waals surface area contributed by atoms with E-state index in [9.17, 15) is 18.3 Å². The van der Waals surface area contributed by atoms with Crippen LogP contribution in [0.2, 0.25) is 0 Å². The number of carbonyl (C=O) groups excluding carboxylic acids is 1. The van der Waals surface area contributed by atoms with Gasteiger partial charge in [-0.25, -0.2) is 13.4 Å². The third-order valence-electron chi connectivity index (χ3n) is 4.04. The zero-order valence-electron chi connectivity index (χ0n) is 14.4. The molecule has 136 valence electrons. The molecule has 0 radical (unpaired) electrons. The van der Waals surface area contributed by atoms with E-state index in [0.29, 0.717) is 23.4 Å². The van der Waals surface area contributed by atoms with Crippen molar-refractivity contribution >= 4 is 27.3 Å². The molecule has 2 aromatic carbocycles. The first-order chi connectivity index (χ1) is 12.2. The number of phenols is 1. The predicted molar refractivity (Wildman–Crippen MR) is 99.4 cm³/mol. The molecule has 8 heteroatoms. The maximum atomic E-state index is 12.0. The maximum absolute atomic E-state index is 12.0. The van der Waals surface area contributed by atoms with Crippen LogP contribution in [0.15, 0.2) is 53.6 Å². The van der Waals surface area contributed by atoms with Crippen molar-refractivity contribution in [3.8, 4) is 5.75 Å². The van der Waals surface area contributed by atoms with E-state index in [1.54, 1.807) is 48.5 Å². The van der Waals surface area contributed by atoms with Crippen LogP contribution in [-0.4, -0.2) is 36.4 Å². The van der Waals surface area contributed by atoms with Crippen LogP contribution in [0, 0.1) is 0 Å². The molecule has 2 N–H and O–H groups in total. The molecule has 1 aliphatic heterocycles. The average molecular weight is 373 g/mol. The number of anilines is 1. The summed E-state index contributed by atoms with van der Waals surface area (Å²) in [6.07, 6.45) is 1.52. The number of benzene rings is 2. The number of hydrogen-bond acceptors (Lipinski definition) is 5. The number of hydrazone groups is 1. The van der Waals surface area contributed by atoms with Crippen molar-refractivity contribution in [2.24, 2.45) is 5.10 Å². The van der Waals surface area contributed by atoms with Gasteiger partial charge in [-0.15, -0.1) is 0 Å². The molecule has 1 unspecified atom stereocenters. The summed E-state index contributed by atoms with van der Waals surface area (Å²) in [5, 5.41) is 15.3. The number of aromatic hydroxyl groups is 1. The maximum Gasteiger partial charge on any atom is 0.240 e. The van der Waals surface area contributed by atoms with E-state index in [1.807, 2.05) is 0 Å². The highest BCUT2D eigenvalue weighted by atomic mass is 32.2. The first-order valence-corrected chi connectivity index (χ1v) is 9.87. The smallest absolute Gasteiger partial charge is 0.240 e. The number of para-hydroxylation sites is 1. The Hall–Kier alpha value is -2.87. The molecule has 1 atom stereocenters. The topological polar surface area (TPSA) is 99.1 Å². The number of nitrogens with zero attached hydrogens (tertiary/aromatic N) is 2. The quantitative estimate of drug-likeness (QED) is 0.860. The molecule has 0 spiro atoms. The van der Waals surface area contributed by atoms with Gasteiger partial charge < -0.3 is 5.11 Å². The molecule has 0 saturated carbocycles. The van der Waals surface area contributed by atoms with E-state index in [1.165, 1.54) is 11.9 Å². The van der Waals surface area contributed by atoms with Gasteiger partial charge >= 0.3 is 0 Å². The Bertz CT molecular complexity index is 968. The summed E-state index contributed by atoms with van der Waals surface area (Å²) in [7, 11) is -3.44. The Balaban J connectivity index is 1.98. The second kappa shape index (κ2) is 6.80. The number of carbonyl (C=O) groups is 1. The fourth-order valence-electron chi connectivity index (χ4n) is 2.94. The molecule has 2 aromatic rings. The molecular weight excluding hydrogens is 354 g/mol. The minimum atomic E-state index is -3.44. The second-order valence-electron chi connectivity index (χ2n) is 6.14. The van der Waals surface area contributed by atoms with Gasteiger partial charge in [0.05, 0.1) is 23.7 Å². The van der Waals surface area contributed by atoms with Crippen molar-refractivity contribution in [3.63, 3.8) is 0 Å². The third-order valence-corrected chi connectivity index (χ3v) is 4.63. The van der Waals surface area contributed by atoms with Crippen LogP contribution in [0.1, 0.15) is 30.5 Å². The van der Waals surface area contributed by atoms with Gasteiger partial charge in [0, 0.05) is 18.9 Å². The fourth-order valence-corrected chi connectivity index (χ4v) is 3.52. The first kappa shape index (κ1) is 17.9. The number of rotatable bonds is 4. The Kier molecular flexibility index (Phi) is 4.69. The van der Waals surface area contributed by atoms with E-state index in [4.69, 9.17) is 0 Å². The highest BCUT2D eigenvalue weighted by Crippen LogP contribution is 2.35.